The van der Waals surface area contributed by atoms with Gasteiger partial charge in [-0.3, -0.25) is 0 Å². The number of rotatable bonds is 2. The van der Waals surface area contributed by atoms with E-state index in [1.807, 2.05) is 11.8 Å². The number of ether oxygens (including phenoxy) is 1. The Balaban J connectivity index is 1.09. The van der Waals surface area contributed by atoms with Crippen LogP contribution in [0.5, 0.6) is 5.75 Å². The summed E-state index contributed by atoms with van der Waals surface area (Å²) >= 11 is 0. The van der Waals surface area contributed by atoms with Crippen LogP contribution in [0.4, 0.5) is 10.5 Å². The number of fused-ring (bicyclic) bond motifs is 3. The van der Waals surface area contributed by atoms with Crippen LogP contribution in [0.1, 0.15) is 17.0 Å². The smallest absolute Gasteiger partial charge is 0.320 e. The Bertz CT molecular complexity index is 1500. The average Bonchev–Trinajstić information content (AvgIpc) is 3.56. The first kappa shape index (κ1) is 23.1. The average molecular weight is 508 g/mol. The maximum absolute atomic E-state index is 13.7. The number of aryl methyl sites for hydroxylation is 2. The van der Waals surface area contributed by atoms with E-state index in [-0.39, 0.29) is 6.03 Å². The number of urea groups is 1. The van der Waals surface area contributed by atoms with Crippen LogP contribution in [-0.2, 0) is 6.54 Å². The highest BCUT2D eigenvalue weighted by molar-refractivity contribution is 5.83. The van der Waals surface area contributed by atoms with Crippen LogP contribution < -0.4 is 9.64 Å². The number of hydrogen-bond donors (Lipinski definition) is 1. The number of nitrogens with zero attached hydrogens (tertiary/aromatic N) is 4. The van der Waals surface area contributed by atoms with Crippen LogP contribution in [0.25, 0.3) is 22.2 Å². The summed E-state index contributed by atoms with van der Waals surface area (Å²) in [4.78, 5) is 28.1. The molecule has 2 unspecified atom stereocenters. The molecule has 7 rings (SSSR count). The molecule has 0 spiro atoms. The van der Waals surface area contributed by atoms with Crippen molar-refractivity contribution in [2.75, 3.05) is 44.2 Å². The molecular weight excluding hydrogens is 474 g/mol. The number of benzene rings is 3. The Kier molecular flexibility index (Phi) is 5.53. The first-order valence-corrected chi connectivity index (χ1v) is 13.6. The zero-order valence-corrected chi connectivity index (χ0v) is 22.0. The second kappa shape index (κ2) is 9.08. The van der Waals surface area contributed by atoms with E-state index in [4.69, 9.17) is 4.74 Å². The van der Waals surface area contributed by atoms with Gasteiger partial charge in [-0.15, -0.1) is 0 Å². The highest BCUT2D eigenvalue weighted by Gasteiger charge is 2.42. The van der Waals surface area contributed by atoms with E-state index in [0.717, 1.165) is 71.0 Å². The number of carbonyl (C=O) groups is 1. The SMILES string of the molecule is Cc1nc2ccc(-c3cc(C)c4c(c3)CN(C(=O)N3CC5CN(c6ccccc6)CC5C3)CCO4)cc2[nH]1. The highest BCUT2D eigenvalue weighted by atomic mass is 16.5. The molecular formula is C31H33N5O2. The highest BCUT2D eigenvalue weighted by Crippen LogP contribution is 2.36. The van der Waals surface area contributed by atoms with Crippen LogP contribution in [-0.4, -0.2) is 65.1 Å². The van der Waals surface area contributed by atoms with Crippen LogP contribution in [0, 0.1) is 25.7 Å². The minimum absolute atomic E-state index is 0.138. The lowest BCUT2D eigenvalue weighted by molar-refractivity contribution is 0.152. The lowest BCUT2D eigenvalue weighted by Crippen LogP contribution is -2.43. The molecule has 2 saturated heterocycles. The van der Waals surface area contributed by atoms with Gasteiger partial charge in [0.05, 0.1) is 24.1 Å². The third-order valence-corrected chi connectivity index (χ3v) is 8.40. The number of likely N-dealkylation sites (tertiary alicyclic amines) is 1. The molecule has 1 aromatic heterocycles. The Morgan fingerprint density at radius 2 is 1.71 bits per heavy atom. The van der Waals surface area contributed by atoms with E-state index in [1.54, 1.807) is 0 Å². The van der Waals surface area contributed by atoms with Crippen molar-refractivity contribution in [3.63, 3.8) is 0 Å². The van der Waals surface area contributed by atoms with Gasteiger partial charge in [-0.05, 0) is 66.9 Å². The summed E-state index contributed by atoms with van der Waals surface area (Å²) in [6, 6.07) is 21.5. The lowest BCUT2D eigenvalue weighted by Gasteiger charge is -2.28. The van der Waals surface area contributed by atoms with Crippen molar-refractivity contribution in [1.82, 2.24) is 19.8 Å². The number of carbonyl (C=O) groups excluding carboxylic acids is 1. The molecule has 38 heavy (non-hydrogen) atoms. The largest absolute Gasteiger partial charge is 0.491 e. The van der Waals surface area contributed by atoms with Gasteiger partial charge >= 0.3 is 6.03 Å². The predicted octanol–water partition coefficient (Wildman–Crippen LogP) is 5.23. The quantitative estimate of drug-likeness (QED) is 0.404. The second-order valence-corrected chi connectivity index (χ2v) is 11.1. The van der Waals surface area contributed by atoms with Gasteiger partial charge in [0.25, 0.3) is 0 Å². The standard InChI is InChI=1S/C31H33N5O2/c1-20-12-23(22-8-9-28-29(14-22)33-21(2)32-28)13-24-15-34(10-11-38-30(20)24)31(37)36-18-25-16-35(17-26(25)19-36)27-6-4-3-5-7-27/h3-9,12-14,25-26H,10-11,15-19H2,1-2H3,(H,32,33). The normalized spacial score (nSPS) is 20.8. The summed E-state index contributed by atoms with van der Waals surface area (Å²) in [5.41, 5.74) is 7.72. The fourth-order valence-electron chi connectivity index (χ4n) is 6.56. The first-order valence-electron chi connectivity index (χ1n) is 13.6. The van der Waals surface area contributed by atoms with Gasteiger partial charge in [0.1, 0.15) is 18.2 Å². The van der Waals surface area contributed by atoms with E-state index < -0.39 is 0 Å². The third-order valence-electron chi connectivity index (χ3n) is 8.40. The number of para-hydroxylation sites is 1. The molecule has 0 aliphatic carbocycles. The topological polar surface area (TPSA) is 64.7 Å². The van der Waals surface area contributed by atoms with Gasteiger partial charge in [0.2, 0.25) is 0 Å². The maximum Gasteiger partial charge on any atom is 0.320 e. The summed E-state index contributed by atoms with van der Waals surface area (Å²) in [7, 11) is 0. The van der Waals surface area contributed by atoms with Gasteiger partial charge in [-0.1, -0.05) is 24.3 Å². The Morgan fingerprint density at radius 3 is 2.50 bits per heavy atom. The Labute approximate surface area is 223 Å². The minimum atomic E-state index is 0.138. The number of aromatic nitrogens is 2. The van der Waals surface area contributed by atoms with Crippen molar-refractivity contribution in [3.05, 3.63) is 77.6 Å². The van der Waals surface area contributed by atoms with Gasteiger partial charge < -0.3 is 24.4 Å². The van der Waals surface area contributed by atoms with E-state index in [2.05, 4.69) is 87.4 Å². The Hall–Kier alpha value is -4.00. The number of imidazole rings is 1. The van der Waals surface area contributed by atoms with Crippen molar-refractivity contribution in [2.24, 2.45) is 11.8 Å². The van der Waals surface area contributed by atoms with Crippen LogP contribution in [0.15, 0.2) is 60.7 Å². The van der Waals surface area contributed by atoms with Crippen molar-refractivity contribution >= 4 is 22.8 Å². The number of anilines is 1. The van der Waals surface area contributed by atoms with E-state index >= 15 is 0 Å². The molecule has 0 saturated carbocycles. The van der Waals surface area contributed by atoms with Crippen molar-refractivity contribution in [3.8, 4) is 16.9 Å². The van der Waals surface area contributed by atoms with Crippen LogP contribution in [0.3, 0.4) is 0 Å². The zero-order valence-electron chi connectivity index (χ0n) is 22.0. The molecule has 1 N–H and O–H groups in total. The van der Waals surface area contributed by atoms with Crippen LogP contribution in [0.2, 0.25) is 0 Å². The minimum Gasteiger partial charge on any atom is -0.491 e. The van der Waals surface area contributed by atoms with Crippen molar-refractivity contribution < 1.29 is 9.53 Å². The molecule has 2 fully saturated rings. The molecule has 3 aliphatic heterocycles. The van der Waals surface area contributed by atoms with E-state index in [1.165, 1.54) is 5.69 Å². The molecule has 2 atom stereocenters. The molecule has 0 bridgehead atoms. The van der Waals surface area contributed by atoms with E-state index in [9.17, 15) is 4.79 Å². The number of amides is 2. The Morgan fingerprint density at radius 1 is 0.921 bits per heavy atom. The number of nitrogens with one attached hydrogen (secondary N) is 1. The summed E-state index contributed by atoms with van der Waals surface area (Å²) in [6.45, 7) is 9.46. The zero-order chi connectivity index (χ0) is 25.8. The maximum atomic E-state index is 13.7. The van der Waals surface area contributed by atoms with Gasteiger partial charge in [-0.25, -0.2) is 9.78 Å². The van der Waals surface area contributed by atoms with Crippen molar-refractivity contribution in [1.29, 1.82) is 0 Å². The molecule has 4 heterocycles. The fraction of sp³-hybridized carbons (Fsp3) is 0.355. The molecule has 0 radical (unpaired) electrons. The lowest BCUT2D eigenvalue weighted by atomic mass is 9.98. The molecule has 194 valence electrons. The fourth-order valence-corrected chi connectivity index (χ4v) is 6.56. The molecule has 4 aromatic rings. The van der Waals surface area contributed by atoms with Gasteiger partial charge in [0, 0.05) is 49.3 Å². The van der Waals surface area contributed by atoms with Gasteiger partial charge in [-0.2, -0.15) is 0 Å². The molecule has 7 nitrogen and oxygen atoms in total. The summed E-state index contributed by atoms with van der Waals surface area (Å²) < 4.78 is 6.19. The van der Waals surface area contributed by atoms with Crippen LogP contribution >= 0.6 is 0 Å². The number of aromatic amines is 1. The number of hydrogen-bond acceptors (Lipinski definition) is 4. The second-order valence-electron chi connectivity index (χ2n) is 11.1. The number of H-pyrrole nitrogens is 1. The monoisotopic (exact) mass is 507 g/mol. The molecule has 7 heteroatoms. The summed E-state index contributed by atoms with van der Waals surface area (Å²) in [5.74, 6) is 2.89. The third kappa shape index (κ3) is 4.06. The van der Waals surface area contributed by atoms with Gasteiger partial charge in [0.15, 0.2) is 0 Å². The summed E-state index contributed by atoms with van der Waals surface area (Å²) in [5, 5.41) is 0. The molecule has 3 aromatic carbocycles. The predicted molar refractivity (Wildman–Crippen MR) is 150 cm³/mol. The summed E-state index contributed by atoms with van der Waals surface area (Å²) in [6.07, 6.45) is 0. The van der Waals surface area contributed by atoms with Crippen molar-refractivity contribution in [2.45, 2.75) is 20.4 Å². The van der Waals surface area contributed by atoms with E-state index in [0.29, 0.717) is 31.5 Å². The molecule has 3 aliphatic rings. The first-order chi connectivity index (χ1) is 18.5. The molecule has 2 amide bonds.